The van der Waals surface area contributed by atoms with Crippen molar-refractivity contribution in [3.05, 3.63) is 77.9 Å². The van der Waals surface area contributed by atoms with Gasteiger partial charge in [-0.3, -0.25) is 14.4 Å². The molecule has 2 aliphatic carbocycles. The highest BCUT2D eigenvalue weighted by Gasteiger charge is 2.59. The third kappa shape index (κ3) is 2.87. The molecule has 4 atom stereocenters. The highest BCUT2D eigenvalue weighted by Crippen LogP contribution is 2.53. The number of hydrogen-bond acceptors (Lipinski definition) is 5. The minimum atomic E-state index is -0.679. The lowest BCUT2D eigenvalue weighted by Crippen LogP contribution is -2.33. The molecule has 30 heavy (non-hydrogen) atoms. The topological polar surface area (TPSA) is 80.8 Å². The van der Waals surface area contributed by atoms with E-state index in [1.54, 1.807) is 42.5 Å². The van der Waals surface area contributed by atoms with Crippen molar-refractivity contribution >= 4 is 29.3 Å². The van der Waals surface area contributed by atoms with Gasteiger partial charge in [0.2, 0.25) is 11.8 Å². The molecule has 0 N–H and O–H groups in total. The van der Waals surface area contributed by atoms with Crippen molar-refractivity contribution in [3.63, 3.8) is 0 Å². The van der Waals surface area contributed by atoms with Crippen LogP contribution in [0.15, 0.2) is 66.7 Å². The second-order valence-corrected chi connectivity index (χ2v) is 7.93. The molecule has 5 rings (SSSR count). The third-order valence-electron chi connectivity index (χ3n) is 6.24. The van der Waals surface area contributed by atoms with Crippen LogP contribution in [0.25, 0.3) is 0 Å². The van der Waals surface area contributed by atoms with Gasteiger partial charge >= 0.3 is 5.97 Å². The molecule has 1 heterocycles. The number of nitrogens with zero attached hydrogens (tertiary/aromatic N) is 1. The summed E-state index contributed by atoms with van der Waals surface area (Å²) in [6.45, 7) is -0.381. The summed E-state index contributed by atoms with van der Waals surface area (Å²) < 4.78 is 5.15. The molecule has 1 saturated carbocycles. The maximum Gasteiger partial charge on any atom is 0.338 e. The van der Waals surface area contributed by atoms with Gasteiger partial charge in [0, 0.05) is 5.56 Å². The van der Waals surface area contributed by atoms with E-state index in [0.717, 1.165) is 6.42 Å². The number of carbonyl (C=O) groups excluding carboxylic acids is 4. The van der Waals surface area contributed by atoms with E-state index in [1.807, 2.05) is 12.2 Å². The van der Waals surface area contributed by atoms with Crippen LogP contribution in [0.5, 0.6) is 0 Å². The molecule has 6 heteroatoms. The summed E-state index contributed by atoms with van der Waals surface area (Å²) in [5, 5.41) is 0. The molecule has 1 saturated heterocycles. The van der Waals surface area contributed by atoms with Gasteiger partial charge in [0.15, 0.2) is 12.4 Å². The van der Waals surface area contributed by atoms with Gasteiger partial charge in [0.05, 0.1) is 23.1 Å². The lowest BCUT2D eigenvalue weighted by atomic mass is 9.85. The number of anilines is 1. The fraction of sp³-hybridized carbons (Fsp3) is 0.250. The molecular weight excluding hydrogens is 382 g/mol. The molecule has 2 fully saturated rings. The predicted octanol–water partition coefficient (Wildman–Crippen LogP) is 3.04. The van der Waals surface area contributed by atoms with Crippen LogP contribution in [-0.4, -0.2) is 30.2 Å². The number of rotatable bonds is 5. The largest absolute Gasteiger partial charge is 0.454 e. The van der Waals surface area contributed by atoms with Gasteiger partial charge in [-0.05, 0) is 36.5 Å². The number of allylic oxidation sites excluding steroid dienone is 2. The summed E-state index contributed by atoms with van der Waals surface area (Å²) in [5.41, 5.74) is 1.01. The molecule has 2 aromatic rings. The molecule has 2 bridgehead atoms. The molecule has 2 amide bonds. The minimum Gasteiger partial charge on any atom is -0.454 e. The number of imide groups is 1. The number of fused-ring (bicyclic) bond motifs is 5. The van der Waals surface area contributed by atoms with Crippen LogP contribution in [0.1, 0.15) is 27.1 Å². The van der Waals surface area contributed by atoms with E-state index in [9.17, 15) is 19.2 Å². The van der Waals surface area contributed by atoms with Crippen molar-refractivity contribution in [2.75, 3.05) is 11.5 Å². The fourth-order valence-corrected chi connectivity index (χ4v) is 4.85. The first-order valence-corrected chi connectivity index (χ1v) is 9.96. The number of amides is 2. The molecule has 6 nitrogen and oxygen atoms in total. The van der Waals surface area contributed by atoms with Gasteiger partial charge in [-0.15, -0.1) is 0 Å². The van der Waals surface area contributed by atoms with Gasteiger partial charge < -0.3 is 4.74 Å². The van der Waals surface area contributed by atoms with Gasteiger partial charge in [-0.2, -0.15) is 0 Å². The zero-order valence-corrected chi connectivity index (χ0v) is 16.1. The Bertz CT molecular complexity index is 1060. The lowest BCUT2D eigenvalue weighted by Gasteiger charge is -2.18. The summed E-state index contributed by atoms with van der Waals surface area (Å²) >= 11 is 0. The van der Waals surface area contributed by atoms with Gasteiger partial charge in [-0.25, -0.2) is 9.69 Å². The zero-order chi connectivity index (χ0) is 20.8. The number of carbonyl (C=O) groups is 4. The van der Waals surface area contributed by atoms with E-state index in [-0.39, 0.29) is 53.4 Å². The molecule has 0 unspecified atom stereocenters. The van der Waals surface area contributed by atoms with E-state index in [0.29, 0.717) is 11.3 Å². The lowest BCUT2D eigenvalue weighted by molar-refractivity contribution is -0.123. The average Bonchev–Trinajstić information content (AvgIpc) is 3.46. The summed E-state index contributed by atoms with van der Waals surface area (Å²) in [4.78, 5) is 51.7. The highest BCUT2D eigenvalue weighted by molar-refractivity contribution is 6.23. The van der Waals surface area contributed by atoms with E-state index < -0.39 is 5.97 Å². The summed E-state index contributed by atoms with van der Waals surface area (Å²) in [7, 11) is 0. The van der Waals surface area contributed by atoms with Crippen molar-refractivity contribution in [2.45, 2.75) is 6.42 Å². The number of Topliss-reactive ketones (excluding diaryl/α,β-unsaturated/α-hetero) is 1. The van der Waals surface area contributed by atoms with Crippen LogP contribution in [0.2, 0.25) is 0 Å². The van der Waals surface area contributed by atoms with E-state index in [2.05, 4.69) is 0 Å². The second kappa shape index (κ2) is 7.06. The third-order valence-corrected chi connectivity index (χ3v) is 6.24. The van der Waals surface area contributed by atoms with Crippen molar-refractivity contribution in [3.8, 4) is 0 Å². The minimum absolute atomic E-state index is 0.124. The SMILES string of the molecule is O=C(COC(=O)c1cccc(N2C(=O)[C@@H]3[C@H](C2=O)[C@@H]2C=C[C@H]3C2)c1)c1ccccc1. The molecule has 150 valence electrons. The summed E-state index contributed by atoms with van der Waals surface area (Å²) in [5.74, 6) is -1.74. The monoisotopic (exact) mass is 401 g/mol. The Morgan fingerprint density at radius 1 is 0.867 bits per heavy atom. The Morgan fingerprint density at radius 2 is 1.50 bits per heavy atom. The van der Waals surface area contributed by atoms with Gasteiger partial charge in [0.25, 0.3) is 0 Å². The predicted molar refractivity (Wildman–Crippen MR) is 108 cm³/mol. The summed E-state index contributed by atoms with van der Waals surface area (Å²) in [6, 6.07) is 14.8. The fourth-order valence-electron chi connectivity index (χ4n) is 4.85. The highest BCUT2D eigenvalue weighted by atomic mass is 16.5. The average molecular weight is 401 g/mol. The Labute approximate surface area is 173 Å². The molecule has 0 spiro atoms. The van der Waals surface area contributed by atoms with Gasteiger partial charge in [-0.1, -0.05) is 48.6 Å². The number of hydrogen-bond donors (Lipinski definition) is 0. The van der Waals surface area contributed by atoms with Crippen molar-refractivity contribution in [2.24, 2.45) is 23.7 Å². The smallest absolute Gasteiger partial charge is 0.338 e. The van der Waals surface area contributed by atoms with E-state index in [1.165, 1.54) is 17.0 Å². The van der Waals surface area contributed by atoms with Crippen LogP contribution in [-0.2, 0) is 14.3 Å². The maximum atomic E-state index is 13.0. The quantitative estimate of drug-likeness (QED) is 0.333. The Hall–Kier alpha value is -3.54. The van der Waals surface area contributed by atoms with Crippen LogP contribution in [0.4, 0.5) is 5.69 Å². The Morgan fingerprint density at radius 3 is 2.17 bits per heavy atom. The van der Waals surface area contributed by atoms with Crippen LogP contribution in [0, 0.1) is 23.7 Å². The standard InChI is InChI=1S/C24H19NO5/c26-19(14-5-2-1-3-6-14)13-30-24(29)17-7-4-8-18(12-17)25-22(27)20-15-9-10-16(11-15)21(20)23(25)28/h1-10,12,15-16,20-21H,11,13H2/t15-,16+,20-,21+. The number of ether oxygens (including phenoxy) is 1. The Kier molecular flexibility index (Phi) is 4.35. The second-order valence-electron chi connectivity index (χ2n) is 7.93. The molecule has 3 aliphatic rings. The first kappa shape index (κ1) is 18.5. The van der Waals surface area contributed by atoms with Gasteiger partial charge in [0.1, 0.15) is 0 Å². The number of esters is 1. The number of benzene rings is 2. The van der Waals surface area contributed by atoms with Crippen molar-refractivity contribution in [1.82, 2.24) is 0 Å². The zero-order valence-electron chi connectivity index (χ0n) is 16.1. The molecule has 0 radical (unpaired) electrons. The molecule has 1 aliphatic heterocycles. The van der Waals surface area contributed by atoms with E-state index >= 15 is 0 Å². The van der Waals surface area contributed by atoms with Crippen LogP contribution >= 0.6 is 0 Å². The maximum absolute atomic E-state index is 13.0. The van der Waals surface area contributed by atoms with Crippen LogP contribution < -0.4 is 4.90 Å². The van der Waals surface area contributed by atoms with E-state index in [4.69, 9.17) is 4.74 Å². The molecule has 0 aromatic heterocycles. The number of ketones is 1. The molecule has 2 aromatic carbocycles. The normalized spacial score (nSPS) is 26.2. The first-order valence-electron chi connectivity index (χ1n) is 9.96. The summed E-state index contributed by atoms with van der Waals surface area (Å²) in [6.07, 6.45) is 4.94. The van der Waals surface area contributed by atoms with Crippen LogP contribution in [0.3, 0.4) is 0 Å². The van der Waals surface area contributed by atoms with Crippen molar-refractivity contribution in [1.29, 1.82) is 0 Å². The first-order chi connectivity index (χ1) is 14.5. The van der Waals surface area contributed by atoms with Crippen molar-refractivity contribution < 1.29 is 23.9 Å². The molecular formula is C24H19NO5. The Balaban J connectivity index is 1.31.